The van der Waals surface area contributed by atoms with Crippen LogP contribution in [0.25, 0.3) is 0 Å². The zero-order valence-electron chi connectivity index (χ0n) is 11.6. The lowest BCUT2D eigenvalue weighted by atomic mass is 9.80. The minimum Gasteiger partial charge on any atom is -0.369 e. The lowest BCUT2D eigenvalue weighted by molar-refractivity contribution is -0.124. The summed E-state index contributed by atoms with van der Waals surface area (Å²) in [6, 6.07) is 0.395. The first-order chi connectivity index (χ1) is 7.73. The van der Waals surface area contributed by atoms with E-state index in [1.807, 2.05) is 6.92 Å². The molecule has 0 aromatic carbocycles. The Balaban J connectivity index is 2.78. The number of carbonyl (C=O) groups excluding carboxylic acids is 1. The Labute approximate surface area is 105 Å². The molecule has 100 valence electrons. The van der Waals surface area contributed by atoms with Crippen LogP contribution in [0.15, 0.2) is 0 Å². The summed E-state index contributed by atoms with van der Waals surface area (Å²) in [6.07, 6.45) is 1.95. The van der Waals surface area contributed by atoms with E-state index in [0.717, 1.165) is 25.9 Å². The van der Waals surface area contributed by atoms with Crippen LogP contribution < -0.4 is 11.5 Å². The van der Waals surface area contributed by atoms with Gasteiger partial charge in [0.15, 0.2) is 0 Å². The third-order valence-electron chi connectivity index (χ3n) is 3.63. The predicted octanol–water partition coefficient (Wildman–Crippen LogP) is 0.946. The average Bonchev–Trinajstić information content (AvgIpc) is 2.15. The highest BCUT2D eigenvalue weighted by Crippen LogP contribution is 2.30. The van der Waals surface area contributed by atoms with E-state index in [1.165, 1.54) is 0 Å². The van der Waals surface area contributed by atoms with Crippen LogP contribution in [-0.4, -0.2) is 36.0 Å². The minimum atomic E-state index is -0.174. The SMILES string of the molecule is CC(N)C(N1CCCC(C(N)=O)C1)C(C)(C)C. The van der Waals surface area contributed by atoms with Gasteiger partial charge in [-0.3, -0.25) is 9.69 Å². The van der Waals surface area contributed by atoms with E-state index < -0.39 is 0 Å². The molecule has 3 atom stereocenters. The van der Waals surface area contributed by atoms with Gasteiger partial charge >= 0.3 is 0 Å². The van der Waals surface area contributed by atoms with Crippen molar-refractivity contribution in [1.29, 1.82) is 0 Å². The highest BCUT2D eigenvalue weighted by atomic mass is 16.1. The maximum Gasteiger partial charge on any atom is 0.221 e. The van der Waals surface area contributed by atoms with Crippen molar-refractivity contribution in [2.75, 3.05) is 13.1 Å². The minimum absolute atomic E-state index is 0.00708. The number of nitrogens with two attached hydrogens (primary N) is 2. The van der Waals surface area contributed by atoms with Gasteiger partial charge in [0.2, 0.25) is 5.91 Å². The standard InChI is InChI=1S/C13H27N3O/c1-9(14)11(13(2,3)4)16-7-5-6-10(8-16)12(15)17/h9-11H,5-8,14H2,1-4H3,(H2,15,17). The van der Waals surface area contributed by atoms with E-state index >= 15 is 0 Å². The molecule has 1 amide bonds. The summed E-state index contributed by atoms with van der Waals surface area (Å²) in [5.74, 6) is -0.181. The molecular formula is C13H27N3O. The number of hydrogen-bond donors (Lipinski definition) is 2. The van der Waals surface area contributed by atoms with Gasteiger partial charge in [0.25, 0.3) is 0 Å². The molecule has 1 fully saturated rings. The van der Waals surface area contributed by atoms with Crippen molar-refractivity contribution in [2.45, 2.75) is 52.6 Å². The van der Waals surface area contributed by atoms with Crippen molar-refractivity contribution in [3.05, 3.63) is 0 Å². The molecule has 1 saturated heterocycles. The van der Waals surface area contributed by atoms with Gasteiger partial charge in [-0.1, -0.05) is 20.8 Å². The van der Waals surface area contributed by atoms with Crippen LogP contribution in [0.1, 0.15) is 40.5 Å². The topological polar surface area (TPSA) is 72.3 Å². The maximum atomic E-state index is 11.3. The van der Waals surface area contributed by atoms with Gasteiger partial charge in [-0.15, -0.1) is 0 Å². The molecule has 4 N–H and O–H groups in total. The molecule has 1 aliphatic rings. The van der Waals surface area contributed by atoms with E-state index in [9.17, 15) is 4.79 Å². The first-order valence-electron chi connectivity index (χ1n) is 6.52. The summed E-state index contributed by atoms with van der Waals surface area (Å²) < 4.78 is 0. The van der Waals surface area contributed by atoms with Crippen LogP contribution in [0.3, 0.4) is 0 Å². The van der Waals surface area contributed by atoms with Crippen molar-refractivity contribution in [3.63, 3.8) is 0 Å². The first kappa shape index (κ1) is 14.5. The molecular weight excluding hydrogens is 214 g/mol. The molecule has 0 aromatic heterocycles. The second-order valence-corrected chi connectivity index (χ2v) is 6.41. The number of primary amides is 1. The second kappa shape index (κ2) is 5.36. The fraction of sp³-hybridized carbons (Fsp3) is 0.923. The fourth-order valence-electron chi connectivity index (χ4n) is 3.16. The van der Waals surface area contributed by atoms with E-state index in [-0.39, 0.29) is 23.3 Å². The molecule has 4 heteroatoms. The first-order valence-corrected chi connectivity index (χ1v) is 6.52. The summed E-state index contributed by atoms with van der Waals surface area (Å²) in [6.45, 7) is 10.4. The summed E-state index contributed by atoms with van der Waals surface area (Å²) in [4.78, 5) is 13.7. The molecule has 1 aliphatic heterocycles. The van der Waals surface area contributed by atoms with E-state index in [2.05, 4.69) is 25.7 Å². The summed E-state index contributed by atoms with van der Waals surface area (Å²) in [5, 5.41) is 0. The highest BCUT2D eigenvalue weighted by Gasteiger charge is 2.36. The molecule has 4 nitrogen and oxygen atoms in total. The largest absolute Gasteiger partial charge is 0.369 e. The molecule has 1 heterocycles. The molecule has 17 heavy (non-hydrogen) atoms. The number of carbonyl (C=O) groups is 1. The second-order valence-electron chi connectivity index (χ2n) is 6.41. The number of amides is 1. The number of rotatable bonds is 3. The van der Waals surface area contributed by atoms with E-state index in [4.69, 9.17) is 11.5 Å². The van der Waals surface area contributed by atoms with Crippen LogP contribution in [0.2, 0.25) is 0 Å². The van der Waals surface area contributed by atoms with Crippen LogP contribution in [0, 0.1) is 11.3 Å². The Morgan fingerprint density at radius 3 is 2.41 bits per heavy atom. The van der Waals surface area contributed by atoms with Gasteiger partial charge in [0.05, 0.1) is 5.92 Å². The van der Waals surface area contributed by atoms with E-state index in [0.29, 0.717) is 6.04 Å². The Kier molecular flexibility index (Phi) is 4.55. The van der Waals surface area contributed by atoms with E-state index in [1.54, 1.807) is 0 Å². The quantitative estimate of drug-likeness (QED) is 0.772. The lowest BCUT2D eigenvalue weighted by Crippen LogP contribution is -2.57. The van der Waals surface area contributed by atoms with Crippen LogP contribution in [0.4, 0.5) is 0 Å². The van der Waals surface area contributed by atoms with Gasteiger partial charge in [0, 0.05) is 18.6 Å². The van der Waals surface area contributed by atoms with Gasteiger partial charge < -0.3 is 11.5 Å². The molecule has 3 unspecified atom stereocenters. The Bertz CT molecular complexity index is 270. The summed E-state index contributed by atoms with van der Waals surface area (Å²) in [5.41, 5.74) is 11.7. The van der Waals surface area contributed by atoms with Gasteiger partial charge in [-0.2, -0.15) is 0 Å². The van der Waals surface area contributed by atoms with Crippen LogP contribution >= 0.6 is 0 Å². The Hall–Kier alpha value is -0.610. The maximum absolute atomic E-state index is 11.3. The molecule has 0 spiro atoms. The number of piperidine rings is 1. The fourth-order valence-corrected chi connectivity index (χ4v) is 3.16. The zero-order chi connectivity index (χ0) is 13.2. The molecule has 0 aromatic rings. The molecule has 0 saturated carbocycles. The normalized spacial score (nSPS) is 26.5. The predicted molar refractivity (Wildman–Crippen MR) is 70.4 cm³/mol. The summed E-state index contributed by atoms with van der Waals surface area (Å²) in [7, 11) is 0. The Morgan fingerprint density at radius 1 is 1.41 bits per heavy atom. The van der Waals surface area contributed by atoms with Gasteiger partial charge in [-0.25, -0.2) is 0 Å². The molecule has 0 aliphatic carbocycles. The summed E-state index contributed by atoms with van der Waals surface area (Å²) >= 11 is 0. The third-order valence-corrected chi connectivity index (χ3v) is 3.63. The number of likely N-dealkylation sites (tertiary alicyclic amines) is 1. The number of hydrogen-bond acceptors (Lipinski definition) is 3. The van der Waals surface area contributed by atoms with Crippen molar-refractivity contribution >= 4 is 5.91 Å². The van der Waals surface area contributed by atoms with Crippen molar-refractivity contribution in [1.82, 2.24) is 4.90 Å². The number of nitrogens with zero attached hydrogens (tertiary/aromatic N) is 1. The van der Waals surface area contributed by atoms with Crippen molar-refractivity contribution in [3.8, 4) is 0 Å². The van der Waals surface area contributed by atoms with Crippen molar-refractivity contribution < 1.29 is 4.79 Å². The average molecular weight is 241 g/mol. The monoisotopic (exact) mass is 241 g/mol. The molecule has 0 bridgehead atoms. The Morgan fingerprint density at radius 2 is 2.00 bits per heavy atom. The van der Waals surface area contributed by atoms with Crippen molar-refractivity contribution in [2.24, 2.45) is 22.8 Å². The zero-order valence-corrected chi connectivity index (χ0v) is 11.6. The smallest absolute Gasteiger partial charge is 0.221 e. The lowest BCUT2D eigenvalue weighted by Gasteiger charge is -2.45. The highest BCUT2D eigenvalue weighted by molar-refractivity contribution is 5.76. The molecule has 1 rings (SSSR count). The molecule has 0 radical (unpaired) electrons. The van der Waals surface area contributed by atoms with Gasteiger partial charge in [0.1, 0.15) is 0 Å². The van der Waals surface area contributed by atoms with Crippen LogP contribution in [-0.2, 0) is 4.79 Å². The van der Waals surface area contributed by atoms with Crippen LogP contribution in [0.5, 0.6) is 0 Å². The third kappa shape index (κ3) is 3.68. The van der Waals surface area contributed by atoms with Gasteiger partial charge in [-0.05, 0) is 31.7 Å².